The van der Waals surface area contributed by atoms with Crippen LogP contribution in [0, 0.1) is 6.92 Å². The third-order valence-electron chi connectivity index (χ3n) is 4.78. The maximum atomic E-state index is 12.6. The molecule has 1 aliphatic rings. The highest BCUT2D eigenvalue weighted by Crippen LogP contribution is 2.34. The number of aromatic nitrogens is 1. The van der Waals surface area contributed by atoms with Crippen LogP contribution in [0.15, 0.2) is 53.9 Å². The Balaban J connectivity index is 1.47. The summed E-state index contributed by atoms with van der Waals surface area (Å²) in [7, 11) is 0. The van der Waals surface area contributed by atoms with Gasteiger partial charge in [-0.25, -0.2) is 4.98 Å². The molecule has 0 saturated heterocycles. The molecule has 0 spiro atoms. The van der Waals surface area contributed by atoms with E-state index >= 15 is 0 Å². The van der Waals surface area contributed by atoms with Crippen molar-refractivity contribution >= 4 is 28.8 Å². The molecule has 3 aromatic rings. The minimum Gasteiger partial charge on any atom is -0.482 e. The first-order chi connectivity index (χ1) is 14.0. The highest BCUT2D eigenvalue weighted by Gasteiger charge is 2.27. The van der Waals surface area contributed by atoms with E-state index in [1.54, 1.807) is 10.3 Å². The largest absolute Gasteiger partial charge is 0.482 e. The van der Waals surface area contributed by atoms with E-state index in [0.29, 0.717) is 23.0 Å². The summed E-state index contributed by atoms with van der Waals surface area (Å²) in [5.74, 6) is 0.337. The molecule has 148 valence electrons. The molecular weight excluding hydrogens is 386 g/mol. The van der Waals surface area contributed by atoms with Crippen LogP contribution in [0.2, 0.25) is 0 Å². The van der Waals surface area contributed by atoms with Crippen LogP contribution >= 0.6 is 11.3 Å². The summed E-state index contributed by atoms with van der Waals surface area (Å²) in [5.41, 5.74) is 3.18. The predicted molar refractivity (Wildman–Crippen MR) is 112 cm³/mol. The Morgan fingerprint density at radius 3 is 2.86 bits per heavy atom. The Labute approximate surface area is 173 Å². The van der Waals surface area contributed by atoms with Gasteiger partial charge in [0.1, 0.15) is 16.5 Å². The fourth-order valence-electron chi connectivity index (χ4n) is 3.20. The summed E-state index contributed by atoms with van der Waals surface area (Å²) in [6.07, 6.45) is 0. The molecule has 0 aliphatic carbocycles. The van der Waals surface area contributed by atoms with Crippen molar-refractivity contribution in [3.8, 4) is 5.75 Å². The van der Waals surface area contributed by atoms with Crippen LogP contribution < -0.4 is 15.0 Å². The Morgan fingerprint density at radius 1 is 1.28 bits per heavy atom. The van der Waals surface area contributed by atoms with Gasteiger partial charge >= 0.3 is 0 Å². The summed E-state index contributed by atoms with van der Waals surface area (Å²) in [4.78, 5) is 31.1. The summed E-state index contributed by atoms with van der Waals surface area (Å²) in [5, 5.41) is 5.39. The van der Waals surface area contributed by atoms with Crippen molar-refractivity contribution in [1.29, 1.82) is 0 Å². The highest BCUT2D eigenvalue weighted by molar-refractivity contribution is 7.09. The zero-order valence-corrected chi connectivity index (χ0v) is 17.0. The number of amides is 2. The van der Waals surface area contributed by atoms with E-state index in [1.807, 2.05) is 62.4 Å². The molecule has 1 N–H and O–H groups in total. The molecule has 1 unspecified atom stereocenters. The SMILES string of the molecule is Cc1ccc2c(c1)OCC(=O)N2Cc1nc(C(=O)NC(C)c2ccccc2)cs1. The van der Waals surface area contributed by atoms with Gasteiger partial charge in [0.25, 0.3) is 11.8 Å². The van der Waals surface area contributed by atoms with E-state index in [1.165, 1.54) is 11.3 Å². The Morgan fingerprint density at radius 2 is 2.07 bits per heavy atom. The van der Waals surface area contributed by atoms with Crippen LogP contribution in [0.4, 0.5) is 5.69 Å². The molecule has 2 heterocycles. The first kappa shape index (κ1) is 19.1. The molecule has 7 heteroatoms. The van der Waals surface area contributed by atoms with Gasteiger partial charge in [-0.05, 0) is 37.1 Å². The molecule has 1 aliphatic heterocycles. The lowest BCUT2D eigenvalue weighted by Gasteiger charge is -2.28. The topological polar surface area (TPSA) is 71.5 Å². The molecule has 2 aromatic carbocycles. The Kier molecular flexibility index (Phi) is 5.31. The van der Waals surface area contributed by atoms with Crippen LogP contribution in [-0.4, -0.2) is 23.4 Å². The molecule has 0 fully saturated rings. The molecule has 1 aromatic heterocycles. The zero-order valence-electron chi connectivity index (χ0n) is 16.2. The minimum atomic E-state index is -0.229. The number of anilines is 1. The molecule has 0 saturated carbocycles. The minimum absolute atomic E-state index is 0.00373. The van der Waals surface area contributed by atoms with Crippen molar-refractivity contribution in [3.05, 3.63) is 75.7 Å². The van der Waals surface area contributed by atoms with Gasteiger partial charge < -0.3 is 10.1 Å². The molecular formula is C22H21N3O3S. The molecule has 6 nitrogen and oxygen atoms in total. The number of aryl methyl sites for hydroxylation is 1. The number of fused-ring (bicyclic) bond motifs is 1. The van der Waals surface area contributed by atoms with Crippen molar-refractivity contribution < 1.29 is 14.3 Å². The van der Waals surface area contributed by atoms with Gasteiger partial charge in [0.05, 0.1) is 18.3 Å². The van der Waals surface area contributed by atoms with Crippen LogP contribution in [0.3, 0.4) is 0 Å². The summed E-state index contributed by atoms with van der Waals surface area (Å²) >= 11 is 1.37. The number of carbonyl (C=O) groups is 2. The Hall–Kier alpha value is -3.19. The third-order valence-corrected chi connectivity index (χ3v) is 5.62. The molecule has 29 heavy (non-hydrogen) atoms. The second-order valence-electron chi connectivity index (χ2n) is 6.97. The predicted octanol–water partition coefficient (Wildman–Crippen LogP) is 3.87. The number of rotatable bonds is 5. The molecule has 0 bridgehead atoms. The lowest BCUT2D eigenvalue weighted by Crippen LogP contribution is -2.38. The molecule has 0 radical (unpaired) electrons. The number of thiazole rings is 1. The van der Waals surface area contributed by atoms with Crippen molar-refractivity contribution in [1.82, 2.24) is 10.3 Å². The summed E-state index contributed by atoms with van der Waals surface area (Å²) in [6.45, 7) is 4.23. The van der Waals surface area contributed by atoms with Crippen molar-refractivity contribution in [2.45, 2.75) is 26.4 Å². The number of benzene rings is 2. The quantitative estimate of drug-likeness (QED) is 0.697. The first-order valence-corrected chi connectivity index (χ1v) is 10.2. The van der Waals surface area contributed by atoms with E-state index in [4.69, 9.17) is 4.74 Å². The van der Waals surface area contributed by atoms with E-state index < -0.39 is 0 Å². The summed E-state index contributed by atoms with van der Waals surface area (Å²) in [6, 6.07) is 15.4. The number of hydrogen-bond acceptors (Lipinski definition) is 5. The van der Waals surface area contributed by atoms with Crippen LogP contribution in [0.1, 0.15) is 39.6 Å². The normalized spacial score (nSPS) is 14.1. The molecule has 4 rings (SSSR count). The van der Waals surface area contributed by atoms with Crippen LogP contribution in [0.5, 0.6) is 5.75 Å². The number of ether oxygens (including phenoxy) is 1. The zero-order chi connectivity index (χ0) is 20.4. The summed E-state index contributed by atoms with van der Waals surface area (Å²) < 4.78 is 5.54. The molecule has 2 amide bonds. The highest BCUT2D eigenvalue weighted by atomic mass is 32.1. The number of nitrogens with one attached hydrogen (secondary N) is 1. The average molecular weight is 407 g/mol. The van der Waals surface area contributed by atoms with Gasteiger partial charge in [-0.15, -0.1) is 11.3 Å². The van der Waals surface area contributed by atoms with Crippen molar-refractivity contribution in [2.24, 2.45) is 0 Å². The van der Waals surface area contributed by atoms with E-state index in [2.05, 4.69) is 10.3 Å². The monoisotopic (exact) mass is 407 g/mol. The van der Waals surface area contributed by atoms with Gasteiger partial charge in [0.15, 0.2) is 6.61 Å². The maximum absolute atomic E-state index is 12.6. The number of nitrogens with zero attached hydrogens (tertiary/aromatic N) is 2. The lowest BCUT2D eigenvalue weighted by molar-refractivity contribution is -0.121. The van der Waals surface area contributed by atoms with Gasteiger partial charge in [-0.3, -0.25) is 14.5 Å². The smallest absolute Gasteiger partial charge is 0.271 e. The van der Waals surface area contributed by atoms with Crippen LogP contribution in [0.25, 0.3) is 0 Å². The van der Waals surface area contributed by atoms with Crippen molar-refractivity contribution in [2.75, 3.05) is 11.5 Å². The van der Waals surface area contributed by atoms with E-state index in [-0.39, 0.29) is 24.5 Å². The average Bonchev–Trinajstić information content (AvgIpc) is 3.19. The van der Waals surface area contributed by atoms with Gasteiger partial charge in [-0.2, -0.15) is 0 Å². The van der Waals surface area contributed by atoms with Gasteiger partial charge in [-0.1, -0.05) is 36.4 Å². The first-order valence-electron chi connectivity index (χ1n) is 9.35. The maximum Gasteiger partial charge on any atom is 0.271 e. The number of carbonyl (C=O) groups excluding carboxylic acids is 2. The second kappa shape index (κ2) is 8.05. The van der Waals surface area contributed by atoms with Crippen LogP contribution in [-0.2, 0) is 11.3 Å². The molecule has 1 atom stereocenters. The second-order valence-corrected chi connectivity index (χ2v) is 7.91. The van der Waals surface area contributed by atoms with Crippen molar-refractivity contribution in [3.63, 3.8) is 0 Å². The van der Waals surface area contributed by atoms with E-state index in [9.17, 15) is 9.59 Å². The fraction of sp³-hybridized carbons (Fsp3) is 0.227. The van der Waals surface area contributed by atoms with E-state index in [0.717, 1.165) is 16.8 Å². The third kappa shape index (κ3) is 4.14. The standard InChI is InChI=1S/C22H21N3O3S/c1-14-8-9-18-19(10-14)28-12-21(26)25(18)11-20-24-17(13-29-20)22(27)23-15(2)16-6-4-3-5-7-16/h3-10,13,15H,11-12H2,1-2H3,(H,23,27). The fourth-order valence-corrected chi connectivity index (χ4v) is 3.97. The lowest BCUT2D eigenvalue weighted by atomic mass is 10.1. The Bertz CT molecular complexity index is 1050. The van der Waals surface area contributed by atoms with Gasteiger partial charge in [0.2, 0.25) is 0 Å². The number of hydrogen-bond donors (Lipinski definition) is 1. The van der Waals surface area contributed by atoms with Gasteiger partial charge in [0, 0.05) is 5.38 Å².